The zero-order valence-electron chi connectivity index (χ0n) is 19.2. The Kier molecular flexibility index (Phi) is 9.05. The van der Waals surface area contributed by atoms with Crippen LogP contribution < -0.4 is 10.1 Å². The first-order chi connectivity index (χ1) is 16.3. The number of amides is 2. The quantitative estimate of drug-likeness (QED) is 0.441. The Morgan fingerprint density at radius 1 is 0.971 bits per heavy atom. The summed E-state index contributed by atoms with van der Waals surface area (Å²) in [5, 5.41) is 3.47. The maximum atomic E-state index is 13.4. The van der Waals surface area contributed by atoms with Gasteiger partial charge in [-0.15, -0.1) is 0 Å². The molecular formula is C27H28ClFN2O3. The number of rotatable bonds is 10. The molecule has 34 heavy (non-hydrogen) atoms. The highest BCUT2D eigenvalue weighted by Gasteiger charge is 2.31. The fourth-order valence-corrected chi connectivity index (χ4v) is 3.74. The van der Waals surface area contributed by atoms with Crippen molar-refractivity contribution in [3.8, 4) is 5.75 Å². The zero-order valence-corrected chi connectivity index (χ0v) is 20.0. The van der Waals surface area contributed by atoms with Gasteiger partial charge >= 0.3 is 0 Å². The van der Waals surface area contributed by atoms with Crippen LogP contribution in [0.1, 0.15) is 25.0 Å². The van der Waals surface area contributed by atoms with Crippen LogP contribution in [0.4, 0.5) is 4.39 Å². The first kappa shape index (κ1) is 25.2. The lowest BCUT2D eigenvalue weighted by molar-refractivity contribution is -0.143. The maximum absolute atomic E-state index is 13.4. The summed E-state index contributed by atoms with van der Waals surface area (Å²) in [7, 11) is 0. The van der Waals surface area contributed by atoms with E-state index in [-0.39, 0.29) is 31.0 Å². The van der Waals surface area contributed by atoms with Crippen LogP contribution in [-0.2, 0) is 22.6 Å². The van der Waals surface area contributed by atoms with Crippen LogP contribution in [0.5, 0.6) is 5.75 Å². The van der Waals surface area contributed by atoms with Crippen LogP contribution >= 0.6 is 11.6 Å². The molecule has 0 spiro atoms. The molecule has 0 heterocycles. The molecule has 0 fully saturated rings. The molecule has 7 heteroatoms. The van der Waals surface area contributed by atoms with Crippen LogP contribution in [-0.4, -0.2) is 35.4 Å². The monoisotopic (exact) mass is 482 g/mol. The van der Waals surface area contributed by atoms with Gasteiger partial charge in [-0.2, -0.15) is 0 Å². The third-order valence-corrected chi connectivity index (χ3v) is 5.36. The molecule has 0 saturated carbocycles. The van der Waals surface area contributed by atoms with E-state index in [4.69, 9.17) is 16.3 Å². The Morgan fingerprint density at radius 2 is 1.65 bits per heavy atom. The van der Waals surface area contributed by atoms with E-state index in [9.17, 15) is 14.0 Å². The highest BCUT2D eigenvalue weighted by Crippen LogP contribution is 2.18. The minimum absolute atomic E-state index is 0.0932. The SMILES string of the molecule is CC(C)NC(=O)C(Cc1ccccc1)N(Cc1cccc(Cl)c1)C(=O)COc1ccc(F)cc1. The second kappa shape index (κ2) is 12.2. The van der Waals surface area contributed by atoms with Crippen molar-refractivity contribution in [3.05, 3.63) is 101 Å². The van der Waals surface area contributed by atoms with Gasteiger partial charge in [0.1, 0.15) is 17.6 Å². The number of hydrogen-bond donors (Lipinski definition) is 1. The van der Waals surface area contributed by atoms with E-state index in [1.807, 2.05) is 50.2 Å². The summed E-state index contributed by atoms with van der Waals surface area (Å²) >= 11 is 6.16. The second-order valence-corrected chi connectivity index (χ2v) is 8.70. The van der Waals surface area contributed by atoms with Crippen LogP contribution in [0.3, 0.4) is 0 Å². The third kappa shape index (κ3) is 7.59. The fraction of sp³-hybridized carbons (Fsp3) is 0.259. The molecule has 0 aromatic heterocycles. The van der Waals surface area contributed by atoms with Crippen LogP contribution in [0.15, 0.2) is 78.9 Å². The minimum atomic E-state index is -0.770. The van der Waals surface area contributed by atoms with E-state index >= 15 is 0 Å². The predicted octanol–water partition coefficient (Wildman–Crippen LogP) is 5.02. The lowest BCUT2D eigenvalue weighted by atomic mass is 10.0. The van der Waals surface area contributed by atoms with Gasteiger partial charge in [0.05, 0.1) is 0 Å². The van der Waals surface area contributed by atoms with E-state index in [0.29, 0.717) is 17.2 Å². The Hall–Kier alpha value is -3.38. The summed E-state index contributed by atoms with van der Waals surface area (Å²) in [6.07, 6.45) is 0.336. The zero-order chi connectivity index (χ0) is 24.5. The molecule has 0 saturated heterocycles. The van der Waals surface area contributed by atoms with E-state index in [2.05, 4.69) is 5.32 Å². The van der Waals surface area contributed by atoms with E-state index < -0.39 is 11.9 Å². The molecule has 0 aliphatic carbocycles. The average Bonchev–Trinajstić information content (AvgIpc) is 2.81. The van der Waals surface area contributed by atoms with Gasteiger partial charge in [0.2, 0.25) is 5.91 Å². The van der Waals surface area contributed by atoms with Crippen molar-refractivity contribution in [1.82, 2.24) is 10.2 Å². The number of ether oxygens (including phenoxy) is 1. The second-order valence-electron chi connectivity index (χ2n) is 8.26. The lowest BCUT2D eigenvalue weighted by Crippen LogP contribution is -2.52. The molecular weight excluding hydrogens is 455 g/mol. The topological polar surface area (TPSA) is 58.6 Å². The van der Waals surface area contributed by atoms with Gasteiger partial charge in [0, 0.05) is 24.0 Å². The molecule has 0 radical (unpaired) electrons. The fourth-order valence-electron chi connectivity index (χ4n) is 3.53. The summed E-state index contributed by atoms with van der Waals surface area (Å²) in [5.74, 6) is -0.654. The third-order valence-electron chi connectivity index (χ3n) is 5.12. The highest BCUT2D eigenvalue weighted by molar-refractivity contribution is 6.30. The van der Waals surface area contributed by atoms with Crippen molar-refractivity contribution in [3.63, 3.8) is 0 Å². The Bertz CT molecular complexity index is 1090. The van der Waals surface area contributed by atoms with E-state index in [0.717, 1.165) is 11.1 Å². The van der Waals surface area contributed by atoms with Gasteiger partial charge in [-0.3, -0.25) is 9.59 Å². The molecule has 0 aliphatic heterocycles. The van der Waals surface area contributed by atoms with Crippen LogP contribution in [0.25, 0.3) is 0 Å². The van der Waals surface area contributed by atoms with Gasteiger partial charge in [0.25, 0.3) is 5.91 Å². The number of hydrogen-bond acceptors (Lipinski definition) is 3. The number of carbonyl (C=O) groups is 2. The number of halogens is 2. The van der Waals surface area contributed by atoms with Gasteiger partial charge in [-0.1, -0.05) is 54.1 Å². The highest BCUT2D eigenvalue weighted by atomic mass is 35.5. The molecule has 1 atom stereocenters. The molecule has 178 valence electrons. The van der Waals surface area contributed by atoms with Crippen molar-refractivity contribution < 1.29 is 18.7 Å². The summed E-state index contributed by atoms with van der Waals surface area (Å²) < 4.78 is 18.8. The van der Waals surface area contributed by atoms with E-state index in [1.54, 1.807) is 18.2 Å². The molecule has 1 N–H and O–H groups in total. The number of carbonyl (C=O) groups excluding carboxylic acids is 2. The predicted molar refractivity (Wildman–Crippen MR) is 131 cm³/mol. The maximum Gasteiger partial charge on any atom is 0.261 e. The number of benzene rings is 3. The van der Waals surface area contributed by atoms with Crippen LogP contribution in [0, 0.1) is 5.82 Å². The number of nitrogens with zero attached hydrogens (tertiary/aromatic N) is 1. The molecule has 5 nitrogen and oxygen atoms in total. The summed E-state index contributed by atoms with van der Waals surface area (Å²) in [4.78, 5) is 28.2. The van der Waals surface area contributed by atoms with E-state index in [1.165, 1.54) is 29.2 Å². The van der Waals surface area contributed by atoms with Crippen molar-refractivity contribution in [1.29, 1.82) is 0 Å². The molecule has 2 amide bonds. The molecule has 1 unspecified atom stereocenters. The lowest BCUT2D eigenvalue weighted by Gasteiger charge is -2.32. The van der Waals surface area contributed by atoms with Crippen molar-refractivity contribution >= 4 is 23.4 Å². The Morgan fingerprint density at radius 3 is 2.29 bits per heavy atom. The Labute approximate surface area is 204 Å². The molecule has 3 aromatic carbocycles. The summed E-state index contributed by atoms with van der Waals surface area (Å²) in [6.45, 7) is 3.62. The number of nitrogens with one attached hydrogen (secondary N) is 1. The Balaban J connectivity index is 1.90. The van der Waals surface area contributed by atoms with Gasteiger partial charge in [-0.25, -0.2) is 4.39 Å². The van der Waals surface area contributed by atoms with Crippen molar-refractivity contribution in [2.45, 2.75) is 38.9 Å². The molecule has 3 rings (SSSR count). The van der Waals surface area contributed by atoms with Gasteiger partial charge in [0.15, 0.2) is 6.61 Å². The smallest absolute Gasteiger partial charge is 0.261 e. The standard InChI is InChI=1S/C27H28ClFN2O3/c1-19(2)30-27(33)25(16-20-7-4-3-5-8-20)31(17-21-9-6-10-22(28)15-21)26(32)18-34-24-13-11-23(29)12-14-24/h3-15,19,25H,16-18H2,1-2H3,(H,30,33). The first-order valence-corrected chi connectivity index (χ1v) is 11.5. The molecule has 0 bridgehead atoms. The minimum Gasteiger partial charge on any atom is -0.484 e. The summed E-state index contributed by atoms with van der Waals surface area (Å²) in [6, 6.07) is 21.3. The van der Waals surface area contributed by atoms with Gasteiger partial charge in [-0.05, 0) is 61.4 Å². The molecule has 3 aromatic rings. The first-order valence-electron chi connectivity index (χ1n) is 11.1. The molecule has 0 aliphatic rings. The van der Waals surface area contributed by atoms with Crippen molar-refractivity contribution in [2.75, 3.05) is 6.61 Å². The largest absolute Gasteiger partial charge is 0.484 e. The average molecular weight is 483 g/mol. The van der Waals surface area contributed by atoms with Crippen LogP contribution in [0.2, 0.25) is 5.02 Å². The van der Waals surface area contributed by atoms with Crippen molar-refractivity contribution in [2.24, 2.45) is 0 Å². The summed E-state index contributed by atoms with van der Waals surface area (Å²) in [5.41, 5.74) is 1.72. The normalized spacial score (nSPS) is 11.7. The van der Waals surface area contributed by atoms with Gasteiger partial charge < -0.3 is 15.0 Å².